The highest BCUT2D eigenvalue weighted by Gasteiger charge is 2.17. The Kier molecular flexibility index (Phi) is 3.36. The van der Waals surface area contributed by atoms with Crippen molar-refractivity contribution in [1.29, 1.82) is 0 Å². The molecule has 96 valence electrons. The number of nitrogens with two attached hydrogens (primary N) is 1. The van der Waals surface area contributed by atoms with Gasteiger partial charge in [0.25, 0.3) is 0 Å². The molecule has 1 aromatic carbocycles. The summed E-state index contributed by atoms with van der Waals surface area (Å²) in [6, 6.07) is 4.72. The molecule has 1 aromatic heterocycles. The quantitative estimate of drug-likeness (QED) is 0.904. The van der Waals surface area contributed by atoms with E-state index in [2.05, 4.69) is 5.16 Å². The van der Waals surface area contributed by atoms with E-state index in [4.69, 9.17) is 19.7 Å². The highest BCUT2D eigenvalue weighted by atomic mass is 19.1. The third kappa shape index (κ3) is 2.09. The summed E-state index contributed by atoms with van der Waals surface area (Å²) in [6.07, 6.45) is 0. The van der Waals surface area contributed by atoms with E-state index in [9.17, 15) is 4.39 Å². The van der Waals surface area contributed by atoms with Crippen LogP contribution in [-0.2, 0) is 6.67 Å². The molecule has 0 atom stereocenters. The zero-order valence-corrected chi connectivity index (χ0v) is 10.1. The molecule has 0 spiro atoms. The van der Waals surface area contributed by atoms with Crippen molar-refractivity contribution in [3.8, 4) is 22.8 Å². The van der Waals surface area contributed by atoms with Crippen LogP contribution in [0.15, 0.2) is 22.7 Å². The van der Waals surface area contributed by atoms with E-state index in [-0.39, 0.29) is 5.82 Å². The summed E-state index contributed by atoms with van der Waals surface area (Å²) < 4.78 is 28.3. The van der Waals surface area contributed by atoms with Gasteiger partial charge in [-0.2, -0.15) is 0 Å². The molecular formula is C12H13FN2O3. The van der Waals surface area contributed by atoms with Gasteiger partial charge in [-0.25, -0.2) is 4.39 Å². The minimum Gasteiger partial charge on any atom is -0.493 e. The normalized spacial score (nSPS) is 10.4. The molecule has 2 N–H and O–H groups in total. The molecule has 0 bridgehead atoms. The monoisotopic (exact) mass is 252 g/mol. The number of halogens is 1. The Morgan fingerprint density at radius 3 is 2.56 bits per heavy atom. The van der Waals surface area contributed by atoms with E-state index >= 15 is 0 Å². The van der Waals surface area contributed by atoms with Crippen molar-refractivity contribution >= 4 is 5.82 Å². The lowest BCUT2D eigenvalue weighted by atomic mass is 10.1. The van der Waals surface area contributed by atoms with E-state index < -0.39 is 6.67 Å². The number of rotatable bonds is 4. The fraction of sp³-hybridized carbons (Fsp3) is 0.250. The van der Waals surface area contributed by atoms with Crippen molar-refractivity contribution in [3.05, 3.63) is 23.8 Å². The second-order valence-corrected chi connectivity index (χ2v) is 3.63. The van der Waals surface area contributed by atoms with Crippen LogP contribution in [0.5, 0.6) is 11.5 Å². The first-order valence-electron chi connectivity index (χ1n) is 5.23. The molecular weight excluding hydrogens is 239 g/mol. The third-order valence-corrected chi connectivity index (χ3v) is 2.49. The first kappa shape index (κ1) is 12.2. The lowest BCUT2D eigenvalue weighted by Gasteiger charge is -2.12. The number of methoxy groups -OCH3 is 2. The van der Waals surface area contributed by atoms with E-state index in [1.807, 2.05) is 0 Å². The largest absolute Gasteiger partial charge is 0.493 e. The number of aromatic nitrogens is 1. The first-order chi connectivity index (χ1) is 8.69. The Morgan fingerprint density at radius 1 is 1.28 bits per heavy atom. The van der Waals surface area contributed by atoms with E-state index in [0.717, 1.165) is 0 Å². The SMILES string of the molecule is COc1cc(CF)cc(-c2cc(N)no2)c1OC. The van der Waals surface area contributed by atoms with Crippen molar-refractivity contribution in [2.24, 2.45) is 0 Å². The predicted molar refractivity (Wildman–Crippen MR) is 64.3 cm³/mol. The van der Waals surface area contributed by atoms with E-state index in [0.29, 0.717) is 28.4 Å². The van der Waals surface area contributed by atoms with Crippen molar-refractivity contribution in [1.82, 2.24) is 5.16 Å². The van der Waals surface area contributed by atoms with Crippen LogP contribution in [-0.4, -0.2) is 19.4 Å². The van der Waals surface area contributed by atoms with Crippen LogP contribution >= 0.6 is 0 Å². The number of alkyl halides is 1. The fourth-order valence-corrected chi connectivity index (χ4v) is 1.70. The van der Waals surface area contributed by atoms with Gasteiger partial charge < -0.3 is 19.7 Å². The molecule has 0 amide bonds. The highest BCUT2D eigenvalue weighted by molar-refractivity contribution is 5.72. The second kappa shape index (κ2) is 4.95. The van der Waals surface area contributed by atoms with Gasteiger partial charge in [0.15, 0.2) is 23.1 Å². The van der Waals surface area contributed by atoms with Crippen molar-refractivity contribution in [2.45, 2.75) is 6.67 Å². The zero-order valence-electron chi connectivity index (χ0n) is 10.1. The molecule has 6 heteroatoms. The average Bonchev–Trinajstić information content (AvgIpc) is 2.83. The molecule has 0 unspecified atom stereocenters. The van der Waals surface area contributed by atoms with Gasteiger partial charge in [-0.15, -0.1) is 0 Å². The van der Waals surface area contributed by atoms with Gasteiger partial charge in [-0.3, -0.25) is 0 Å². The lowest BCUT2D eigenvalue weighted by molar-refractivity contribution is 0.352. The van der Waals surface area contributed by atoms with Crippen LogP contribution < -0.4 is 15.2 Å². The van der Waals surface area contributed by atoms with Crippen LogP contribution in [0.25, 0.3) is 11.3 Å². The summed E-state index contributed by atoms with van der Waals surface area (Å²) >= 11 is 0. The molecule has 0 aliphatic rings. The summed E-state index contributed by atoms with van der Waals surface area (Å²) in [7, 11) is 2.98. The molecule has 5 nitrogen and oxygen atoms in total. The maximum absolute atomic E-state index is 12.8. The summed E-state index contributed by atoms with van der Waals surface area (Å²) in [4.78, 5) is 0. The molecule has 0 radical (unpaired) electrons. The van der Waals surface area contributed by atoms with Gasteiger partial charge in [0, 0.05) is 6.07 Å². The molecule has 0 aliphatic carbocycles. The van der Waals surface area contributed by atoms with Crippen LogP contribution in [0.1, 0.15) is 5.56 Å². The van der Waals surface area contributed by atoms with Crippen LogP contribution in [0.3, 0.4) is 0 Å². The van der Waals surface area contributed by atoms with Gasteiger partial charge in [-0.05, 0) is 17.7 Å². The highest BCUT2D eigenvalue weighted by Crippen LogP contribution is 2.39. The number of nitrogens with zero attached hydrogens (tertiary/aromatic N) is 1. The number of nitrogen functional groups attached to an aromatic ring is 1. The zero-order chi connectivity index (χ0) is 13.1. The van der Waals surface area contributed by atoms with Crippen LogP contribution in [0.2, 0.25) is 0 Å². The average molecular weight is 252 g/mol. The standard InChI is InChI=1S/C12H13FN2O3/c1-16-10-4-7(6-13)3-8(12(10)17-2)9-5-11(14)15-18-9/h3-5H,6H2,1-2H3,(H2,14,15). The predicted octanol–water partition coefficient (Wildman–Crippen LogP) is 2.41. The van der Waals surface area contributed by atoms with E-state index in [1.54, 1.807) is 18.2 Å². The van der Waals surface area contributed by atoms with Crippen molar-refractivity contribution in [3.63, 3.8) is 0 Å². The Balaban J connectivity index is 2.63. The summed E-state index contributed by atoms with van der Waals surface area (Å²) in [6.45, 7) is -0.614. The number of ether oxygens (including phenoxy) is 2. The molecule has 1 heterocycles. The van der Waals surface area contributed by atoms with Crippen LogP contribution in [0.4, 0.5) is 10.2 Å². The molecule has 0 fully saturated rings. The second-order valence-electron chi connectivity index (χ2n) is 3.63. The van der Waals surface area contributed by atoms with Crippen molar-refractivity contribution < 1.29 is 18.4 Å². The summed E-state index contributed by atoms with van der Waals surface area (Å²) in [5.74, 6) is 1.53. The number of hydrogen-bond donors (Lipinski definition) is 1. The summed E-state index contributed by atoms with van der Waals surface area (Å²) in [5, 5.41) is 3.59. The Hall–Kier alpha value is -2.24. The fourth-order valence-electron chi connectivity index (χ4n) is 1.70. The molecule has 0 saturated heterocycles. The maximum atomic E-state index is 12.8. The molecule has 0 saturated carbocycles. The van der Waals surface area contributed by atoms with Gasteiger partial charge in [0.05, 0.1) is 19.8 Å². The Morgan fingerprint density at radius 2 is 2.06 bits per heavy atom. The molecule has 0 aliphatic heterocycles. The smallest absolute Gasteiger partial charge is 0.172 e. The number of hydrogen-bond acceptors (Lipinski definition) is 5. The Labute approximate surface area is 103 Å². The van der Waals surface area contributed by atoms with Gasteiger partial charge >= 0.3 is 0 Å². The lowest BCUT2D eigenvalue weighted by Crippen LogP contribution is -1.95. The van der Waals surface area contributed by atoms with Gasteiger partial charge in [0.2, 0.25) is 0 Å². The first-order valence-corrected chi connectivity index (χ1v) is 5.23. The topological polar surface area (TPSA) is 70.5 Å². The van der Waals surface area contributed by atoms with Crippen molar-refractivity contribution in [2.75, 3.05) is 20.0 Å². The Bertz CT molecular complexity index is 554. The summed E-state index contributed by atoms with van der Waals surface area (Å²) in [5.41, 5.74) is 6.50. The minimum atomic E-state index is -0.614. The van der Waals surface area contributed by atoms with E-state index in [1.165, 1.54) is 14.2 Å². The maximum Gasteiger partial charge on any atom is 0.172 e. The minimum absolute atomic E-state index is 0.247. The third-order valence-electron chi connectivity index (χ3n) is 2.49. The van der Waals surface area contributed by atoms with Gasteiger partial charge in [-0.1, -0.05) is 5.16 Å². The van der Waals surface area contributed by atoms with Crippen LogP contribution in [0, 0.1) is 0 Å². The van der Waals surface area contributed by atoms with Gasteiger partial charge in [0.1, 0.15) is 6.67 Å². The molecule has 18 heavy (non-hydrogen) atoms. The number of anilines is 1. The number of benzene rings is 1. The molecule has 2 aromatic rings. The molecule has 2 rings (SSSR count).